The second-order valence-corrected chi connectivity index (χ2v) is 6.75. The summed E-state index contributed by atoms with van der Waals surface area (Å²) >= 11 is 0. The number of nitrogens with zero attached hydrogens (tertiary/aromatic N) is 1. The van der Waals surface area contributed by atoms with Crippen LogP contribution in [0.2, 0.25) is 0 Å². The van der Waals surface area contributed by atoms with Gasteiger partial charge in [-0.25, -0.2) is 8.42 Å². The van der Waals surface area contributed by atoms with E-state index in [0.29, 0.717) is 25.7 Å². The summed E-state index contributed by atoms with van der Waals surface area (Å²) in [5.41, 5.74) is 0. The van der Waals surface area contributed by atoms with Gasteiger partial charge in [-0.2, -0.15) is 0 Å². The number of rotatable bonds is 2. The topological polar surface area (TPSA) is 69.6 Å². The van der Waals surface area contributed by atoms with Gasteiger partial charge >= 0.3 is 0 Å². The minimum atomic E-state index is -2.77. The zero-order valence-corrected chi connectivity index (χ0v) is 9.54. The van der Waals surface area contributed by atoms with Crippen LogP contribution in [0.1, 0.15) is 6.42 Å². The fourth-order valence-corrected chi connectivity index (χ4v) is 3.46. The van der Waals surface area contributed by atoms with Crippen LogP contribution in [0, 0.1) is 0 Å². The highest BCUT2D eigenvalue weighted by Crippen LogP contribution is 2.10. The SMILES string of the molecule is O=S1(=O)CCN(CC2CC(O)CN2)CC1. The monoisotopic (exact) mass is 234 g/mol. The van der Waals surface area contributed by atoms with Gasteiger partial charge in [-0.1, -0.05) is 0 Å². The van der Waals surface area contributed by atoms with Gasteiger partial charge in [0.15, 0.2) is 9.84 Å². The highest BCUT2D eigenvalue weighted by molar-refractivity contribution is 7.91. The smallest absolute Gasteiger partial charge is 0.152 e. The Morgan fingerprint density at radius 1 is 1.33 bits per heavy atom. The minimum absolute atomic E-state index is 0.233. The maximum Gasteiger partial charge on any atom is 0.152 e. The molecule has 0 aromatic heterocycles. The van der Waals surface area contributed by atoms with E-state index in [1.54, 1.807) is 0 Å². The fourth-order valence-electron chi connectivity index (χ4n) is 2.18. The zero-order chi connectivity index (χ0) is 10.9. The predicted octanol–water partition coefficient (Wildman–Crippen LogP) is -1.56. The van der Waals surface area contributed by atoms with E-state index < -0.39 is 9.84 Å². The molecular weight excluding hydrogens is 216 g/mol. The van der Waals surface area contributed by atoms with Gasteiger partial charge < -0.3 is 10.4 Å². The lowest BCUT2D eigenvalue weighted by molar-refractivity contribution is 0.188. The Kier molecular flexibility index (Phi) is 3.30. The van der Waals surface area contributed by atoms with Gasteiger partial charge in [0, 0.05) is 32.2 Å². The number of nitrogens with one attached hydrogen (secondary N) is 1. The summed E-state index contributed by atoms with van der Waals surface area (Å²) in [5.74, 6) is 0.560. The quantitative estimate of drug-likeness (QED) is 0.605. The van der Waals surface area contributed by atoms with Crippen LogP contribution in [0.5, 0.6) is 0 Å². The molecule has 0 radical (unpaired) electrons. The highest BCUT2D eigenvalue weighted by atomic mass is 32.2. The first-order chi connectivity index (χ1) is 7.05. The molecule has 2 aliphatic rings. The summed E-state index contributed by atoms with van der Waals surface area (Å²) in [6.07, 6.45) is 0.548. The van der Waals surface area contributed by atoms with E-state index in [4.69, 9.17) is 0 Å². The van der Waals surface area contributed by atoms with Crippen molar-refractivity contribution in [2.45, 2.75) is 18.6 Å². The molecule has 2 heterocycles. The standard InChI is InChI=1S/C9H18N2O3S/c12-9-5-8(10-6-9)7-11-1-3-15(13,14)4-2-11/h8-10,12H,1-7H2. The van der Waals surface area contributed by atoms with Crippen LogP contribution in [0.25, 0.3) is 0 Å². The Labute approximate surface area is 90.4 Å². The molecule has 2 fully saturated rings. The number of β-amino-alcohol motifs (C(OH)–C–C–N with tert-alkyl or cyclic N) is 1. The number of sulfone groups is 1. The summed E-state index contributed by atoms with van der Waals surface area (Å²) in [6.45, 7) is 2.79. The van der Waals surface area contributed by atoms with Crippen molar-refractivity contribution in [3.05, 3.63) is 0 Å². The van der Waals surface area contributed by atoms with Gasteiger partial charge in [-0.05, 0) is 6.42 Å². The number of hydrogen-bond acceptors (Lipinski definition) is 5. The van der Waals surface area contributed by atoms with Crippen molar-refractivity contribution in [2.75, 3.05) is 37.7 Å². The van der Waals surface area contributed by atoms with Gasteiger partial charge in [0.2, 0.25) is 0 Å². The van der Waals surface area contributed by atoms with E-state index in [1.807, 2.05) is 0 Å². The van der Waals surface area contributed by atoms with E-state index in [1.165, 1.54) is 0 Å². The van der Waals surface area contributed by atoms with Gasteiger partial charge in [0.05, 0.1) is 17.6 Å². The molecule has 15 heavy (non-hydrogen) atoms. The van der Waals surface area contributed by atoms with E-state index in [9.17, 15) is 13.5 Å². The first-order valence-electron chi connectivity index (χ1n) is 5.39. The molecule has 5 nitrogen and oxygen atoms in total. The molecule has 0 bridgehead atoms. The molecule has 0 aromatic rings. The van der Waals surface area contributed by atoms with Gasteiger partial charge in [0.25, 0.3) is 0 Å². The highest BCUT2D eigenvalue weighted by Gasteiger charge is 2.27. The molecule has 2 atom stereocenters. The average molecular weight is 234 g/mol. The second kappa shape index (κ2) is 4.37. The molecule has 0 spiro atoms. The third kappa shape index (κ3) is 3.14. The lowest BCUT2D eigenvalue weighted by Crippen LogP contribution is -2.45. The predicted molar refractivity (Wildman–Crippen MR) is 57.5 cm³/mol. The summed E-state index contributed by atoms with van der Waals surface area (Å²) in [4.78, 5) is 2.16. The minimum Gasteiger partial charge on any atom is -0.392 e. The Morgan fingerprint density at radius 3 is 2.53 bits per heavy atom. The molecule has 0 saturated carbocycles. The van der Waals surface area contributed by atoms with Gasteiger partial charge in [0.1, 0.15) is 0 Å². The van der Waals surface area contributed by atoms with Gasteiger partial charge in [-0.3, -0.25) is 4.90 Å². The molecule has 2 aliphatic heterocycles. The van der Waals surface area contributed by atoms with Crippen molar-refractivity contribution in [3.8, 4) is 0 Å². The van der Waals surface area contributed by atoms with Crippen LogP contribution in [0.4, 0.5) is 0 Å². The summed E-state index contributed by atoms with van der Waals surface area (Å²) in [7, 11) is -2.77. The summed E-state index contributed by atoms with van der Waals surface area (Å²) < 4.78 is 22.4. The molecule has 2 rings (SSSR count). The molecule has 2 unspecified atom stereocenters. The normalized spacial score (nSPS) is 36.9. The van der Waals surface area contributed by atoms with Crippen molar-refractivity contribution in [3.63, 3.8) is 0 Å². The van der Waals surface area contributed by atoms with E-state index >= 15 is 0 Å². The van der Waals surface area contributed by atoms with E-state index in [-0.39, 0.29) is 17.6 Å². The maximum absolute atomic E-state index is 11.2. The maximum atomic E-state index is 11.2. The molecule has 0 aliphatic carbocycles. The molecule has 2 saturated heterocycles. The zero-order valence-electron chi connectivity index (χ0n) is 8.72. The molecule has 0 aromatic carbocycles. The van der Waals surface area contributed by atoms with Crippen LogP contribution >= 0.6 is 0 Å². The first-order valence-corrected chi connectivity index (χ1v) is 7.21. The number of aliphatic hydroxyl groups is 1. The van der Waals surface area contributed by atoms with Crippen LogP contribution in [-0.4, -0.2) is 68.3 Å². The molecule has 2 N–H and O–H groups in total. The average Bonchev–Trinajstić information content (AvgIpc) is 2.55. The van der Waals surface area contributed by atoms with Gasteiger partial charge in [-0.15, -0.1) is 0 Å². The van der Waals surface area contributed by atoms with Crippen molar-refractivity contribution in [2.24, 2.45) is 0 Å². The molecule has 0 amide bonds. The van der Waals surface area contributed by atoms with Crippen molar-refractivity contribution >= 4 is 9.84 Å². The number of aliphatic hydroxyl groups excluding tert-OH is 1. The Balaban J connectivity index is 1.77. The largest absolute Gasteiger partial charge is 0.392 e. The third-order valence-corrected chi connectivity index (χ3v) is 4.72. The molecule has 88 valence electrons. The lowest BCUT2D eigenvalue weighted by atomic mass is 10.2. The third-order valence-electron chi connectivity index (χ3n) is 3.11. The molecule has 6 heteroatoms. The van der Waals surface area contributed by atoms with Crippen LogP contribution in [-0.2, 0) is 9.84 Å². The number of hydrogen-bond donors (Lipinski definition) is 2. The first kappa shape index (κ1) is 11.3. The van der Waals surface area contributed by atoms with Crippen molar-refractivity contribution in [1.82, 2.24) is 10.2 Å². The lowest BCUT2D eigenvalue weighted by Gasteiger charge is -2.28. The van der Waals surface area contributed by atoms with Crippen molar-refractivity contribution in [1.29, 1.82) is 0 Å². The van der Waals surface area contributed by atoms with Crippen molar-refractivity contribution < 1.29 is 13.5 Å². The van der Waals surface area contributed by atoms with Crippen LogP contribution in [0.15, 0.2) is 0 Å². The summed E-state index contributed by atoms with van der Waals surface area (Å²) in [5, 5.41) is 12.6. The Morgan fingerprint density at radius 2 is 2.00 bits per heavy atom. The van der Waals surface area contributed by atoms with E-state index in [0.717, 1.165) is 13.0 Å². The second-order valence-electron chi connectivity index (χ2n) is 4.45. The Bertz CT molecular complexity index is 303. The van der Waals surface area contributed by atoms with Crippen LogP contribution < -0.4 is 5.32 Å². The molecular formula is C9H18N2O3S. The van der Waals surface area contributed by atoms with Crippen LogP contribution in [0.3, 0.4) is 0 Å². The fraction of sp³-hybridized carbons (Fsp3) is 1.00. The van der Waals surface area contributed by atoms with E-state index in [2.05, 4.69) is 10.2 Å². The Hall–Kier alpha value is -0.170. The summed E-state index contributed by atoms with van der Waals surface area (Å²) in [6, 6.07) is 0.320.